The van der Waals surface area contributed by atoms with E-state index in [-0.39, 0.29) is 0 Å². The number of hydrogen-bond acceptors (Lipinski definition) is 6. The second kappa shape index (κ2) is 4.34. The van der Waals surface area contributed by atoms with Gasteiger partial charge in [-0.2, -0.15) is 5.10 Å². The van der Waals surface area contributed by atoms with Crippen molar-refractivity contribution in [2.24, 2.45) is 0 Å². The Morgan fingerprint density at radius 3 is 2.65 bits per heavy atom. The Morgan fingerprint density at radius 1 is 1.00 bits per heavy atom. The minimum Gasteiger partial charge on any atom is -0.243 e. The fourth-order valence-electron chi connectivity index (χ4n) is 1.39. The van der Waals surface area contributed by atoms with Crippen LogP contribution in [0.15, 0.2) is 42.3 Å². The molecule has 0 aliphatic rings. The third-order valence-electron chi connectivity index (χ3n) is 2.13. The highest BCUT2D eigenvalue weighted by Gasteiger charge is 2.06. The quantitative estimate of drug-likeness (QED) is 0.687. The molecule has 5 nitrogen and oxygen atoms in total. The highest BCUT2D eigenvalue weighted by molar-refractivity contribution is 7.13. The summed E-state index contributed by atoms with van der Waals surface area (Å²) in [6, 6.07) is 3.67. The maximum absolute atomic E-state index is 4.20. The predicted octanol–water partition coefficient (Wildman–Crippen LogP) is 2.06. The van der Waals surface area contributed by atoms with Gasteiger partial charge in [0.15, 0.2) is 5.82 Å². The van der Waals surface area contributed by atoms with Gasteiger partial charge in [-0.25, -0.2) is 15.0 Å². The Bertz CT molecular complexity index is 609. The standard InChI is InChI=1S/C11H7N5S/c1-2-12-10(13-3-1)8-6-9(16-15-7-8)11-14-4-5-17-11/h1-7H. The number of thiazole rings is 1. The highest BCUT2D eigenvalue weighted by atomic mass is 32.1. The van der Waals surface area contributed by atoms with E-state index in [2.05, 4.69) is 25.1 Å². The van der Waals surface area contributed by atoms with E-state index in [0.29, 0.717) is 5.82 Å². The molecule has 0 radical (unpaired) electrons. The molecule has 3 rings (SSSR count). The maximum atomic E-state index is 4.20. The van der Waals surface area contributed by atoms with E-state index < -0.39 is 0 Å². The molecule has 0 aromatic carbocycles. The number of aromatic nitrogens is 5. The molecule has 0 saturated heterocycles. The summed E-state index contributed by atoms with van der Waals surface area (Å²) in [4.78, 5) is 12.5. The van der Waals surface area contributed by atoms with Gasteiger partial charge in [0.2, 0.25) is 0 Å². The van der Waals surface area contributed by atoms with Crippen molar-refractivity contribution >= 4 is 11.3 Å². The summed E-state index contributed by atoms with van der Waals surface area (Å²) in [6.07, 6.45) is 6.79. The number of hydrogen-bond donors (Lipinski definition) is 0. The van der Waals surface area contributed by atoms with Gasteiger partial charge in [0.1, 0.15) is 10.7 Å². The lowest BCUT2D eigenvalue weighted by molar-refractivity contribution is 1.03. The van der Waals surface area contributed by atoms with E-state index in [4.69, 9.17) is 0 Å². The van der Waals surface area contributed by atoms with Gasteiger partial charge in [-0.1, -0.05) is 0 Å². The minimum absolute atomic E-state index is 0.639. The molecule has 3 heterocycles. The Kier molecular flexibility index (Phi) is 2.55. The van der Waals surface area contributed by atoms with Crippen LogP contribution in [0.4, 0.5) is 0 Å². The Balaban J connectivity index is 2.06. The molecule has 0 unspecified atom stereocenters. The van der Waals surface area contributed by atoms with E-state index in [9.17, 15) is 0 Å². The molecule has 0 atom stereocenters. The Morgan fingerprint density at radius 2 is 1.88 bits per heavy atom. The molecule has 3 aromatic rings. The van der Waals surface area contributed by atoms with Crippen molar-refractivity contribution in [3.05, 3.63) is 42.3 Å². The second-order valence-corrected chi connectivity index (χ2v) is 4.13. The number of nitrogens with zero attached hydrogens (tertiary/aromatic N) is 5. The second-order valence-electron chi connectivity index (χ2n) is 3.24. The molecule has 0 spiro atoms. The fourth-order valence-corrected chi connectivity index (χ4v) is 1.98. The molecule has 17 heavy (non-hydrogen) atoms. The molecule has 0 saturated carbocycles. The molecular formula is C11H7N5S. The van der Waals surface area contributed by atoms with Crippen molar-refractivity contribution in [2.75, 3.05) is 0 Å². The van der Waals surface area contributed by atoms with Crippen LogP contribution in [0.1, 0.15) is 0 Å². The molecule has 0 N–H and O–H groups in total. The molecule has 0 bridgehead atoms. The summed E-state index contributed by atoms with van der Waals surface area (Å²) < 4.78 is 0. The lowest BCUT2D eigenvalue weighted by Gasteiger charge is -1.99. The molecule has 82 valence electrons. The zero-order chi connectivity index (χ0) is 11.5. The van der Waals surface area contributed by atoms with Crippen molar-refractivity contribution in [1.29, 1.82) is 0 Å². The Labute approximate surface area is 101 Å². The molecule has 0 aliphatic heterocycles. The topological polar surface area (TPSA) is 64.5 Å². The predicted molar refractivity (Wildman–Crippen MR) is 64.2 cm³/mol. The normalized spacial score (nSPS) is 10.4. The molecule has 0 fully saturated rings. The van der Waals surface area contributed by atoms with Gasteiger partial charge < -0.3 is 0 Å². The lowest BCUT2D eigenvalue weighted by atomic mass is 10.2. The molecular weight excluding hydrogens is 234 g/mol. The first-order chi connectivity index (χ1) is 8.43. The SMILES string of the molecule is c1cnc(-c2cnnc(-c3nccs3)c2)nc1. The van der Waals surface area contributed by atoms with Crippen molar-refractivity contribution < 1.29 is 0 Å². The van der Waals surface area contributed by atoms with Gasteiger partial charge in [-0.3, -0.25) is 0 Å². The summed E-state index contributed by atoms with van der Waals surface area (Å²) >= 11 is 1.53. The summed E-state index contributed by atoms with van der Waals surface area (Å²) in [5.41, 5.74) is 1.58. The van der Waals surface area contributed by atoms with Gasteiger partial charge in [0.05, 0.1) is 6.20 Å². The van der Waals surface area contributed by atoms with Crippen molar-refractivity contribution in [1.82, 2.24) is 25.1 Å². The third kappa shape index (κ3) is 2.02. The third-order valence-corrected chi connectivity index (χ3v) is 2.93. The maximum Gasteiger partial charge on any atom is 0.160 e. The minimum atomic E-state index is 0.639. The molecule has 0 aliphatic carbocycles. The largest absolute Gasteiger partial charge is 0.243 e. The van der Waals surface area contributed by atoms with Crippen LogP contribution in [0.2, 0.25) is 0 Å². The van der Waals surface area contributed by atoms with Crippen LogP contribution >= 0.6 is 11.3 Å². The van der Waals surface area contributed by atoms with Gasteiger partial charge >= 0.3 is 0 Å². The summed E-state index contributed by atoms with van der Waals surface area (Å²) in [7, 11) is 0. The lowest BCUT2D eigenvalue weighted by Crippen LogP contribution is -1.92. The van der Waals surface area contributed by atoms with Crippen molar-refractivity contribution in [3.63, 3.8) is 0 Å². The van der Waals surface area contributed by atoms with E-state index in [1.54, 1.807) is 30.9 Å². The average Bonchev–Trinajstić information content (AvgIpc) is 2.94. The van der Waals surface area contributed by atoms with E-state index >= 15 is 0 Å². The van der Waals surface area contributed by atoms with Crippen molar-refractivity contribution in [3.8, 4) is 22.1 Å². The number of rotatable bonds is 2. The monoisotopic (exact) mass is 241 g/mol. The van der Waals surface area contributed by atoms with Crippen LogP contribution in [0.5, 0.6) is 0 Å². The Hall–Kier alpha value is -2.21. The first-order valence-electron chi connectivity index (χ1n) is 4.93. The van der Waals surface area contributed by atoms with E-state index in [0.717, 1.165) is 16.3 Å². The van der Waals surface area contributed by atoms with Crippen LogP contribution < -0.4 is 0 Å². The summed E-state index contributed by atoms with van der Waals surface area (Å²) in [5, 5.41) is 10.8. The summed E-state index contributed by atoms with van der Waals surface area (Å²) in [6.45, 7) is 0. The molecule has 3 aromatic heterocycles. The van der Waals surface area contributed by atoms with Gasteiger partial charge in [0, 0.05) is 29.5 Å². The van der Waals surface area contributed by atoms with Gasteiger partial charge in [0.25, 0.3) is 0 Å². The molecule has 6 heteroatoms. The van der Waals surface area contributed by atoms with E-state index in [1.807, 2.05) is 11.4 Å². The highest BCUT2D eigenvalue weighted by Crippen LogP contribution is 2.22. The van der Waals surface area contributed by atoms with Crippen LogP contribution in [-0.4, -0.2) is 25.1 Å². The van der Waals surface area contributed by atoms with E-state index in [1.165, 1.54) is 11.3 Å². The zero-order valence-electron chi connectivity index (χ0n) is 8.69. The van der Waals surface area contributed by atoms with Crippen molar-refractivity contribution in [2.45, 2.75) is 0 Å². The fraction of sp³-hybridized carbons (Fsp3) is 0. The van der Waals surface area contributed by atoms with Crippen LogP contribution in [0.3, 0.4) is 0 Å². The smallest absolute Gasteiger partial charge is 0.160 e. The molecule has 0 amide bonds. The van der Waals surface area contributed by atoms with Crippen LogP contribution in [0.25, 0.3) is 22.1 Å². The van der Waals surface area contributed by atoms with Gasteiger partial charge in [-0.05, 0) is 12.1 Å². The first kappa shape index (κ1) is 9.98. The van der Waals surface area contributed by atoms with Crippen LogP contribution in [0, 0.1) is 0 Å². The summed E-state index contributed by atoms with van der Waals surface area (Å²) in [5.74, 6) is 0.639. The zero-order valence-corrected chi connectivity index (χ0v) is 9.50. The average molecular weight is 241 g/mol. The van der Waals surface area contributed by atoms with Gasteiger partial charge in [-0.15, -0.1) is 16.4 Å². The van der Waals surface area contributed by atoms with Crippen LogP contribution in [-0.2, 0) is 0 Å². The first-order valence-corrected chi connectivity index (χ1v) is 5.81.